The van der Waals surface area contributed by atoms with E-state index in [2.05, 4.69) is 93.4 Å². The fourth-order valence-electron chi connectivity index (χ4n) is 7.89. The van der Waals surface area contributed by atoms with Crippen molar-refractivity contribution in [1.29, 1.82) is 0 Å². The molecule has 1 amide bonds. The number of alkyl carbamates (subject to hydrolysis) is 1. The Bertz CT molecular complexity index is 1190. The fourth-order valence-corrected chi connectivity index (χ4v) is 7.89. The maximum Gasteiger partial charge on any atom is 0.407 e. The topological polar surface area (TPSA) is 124 Å². The monoisotopic (exact) mass is 959 g/mol. The van der Waals surface area contributed by atoms with Crippen LogP contribution in [0.1, 0.15) is 247 Å². The highest BCUT2D eigenvalue weighted by atomic mass is 16.6. The summed E-state index contributed by atoms with van der Waals surface area (Å²) < 4.78 is 23.1. The Morgan fingerprint density at radius 2 is 0.897 bits per heavy atom. The number of ether oxygens (including phenoxy) is 4. The van der Waals surface area contributed by atoms with Gasteiger partial charge >= 0.3 is 18.0 Å². The molecule has 396 valence electrons. The van der Waals surface area contributed by atoms with Gasteiger partial charge in [-0.15, -0.1) is 0 Å². The molecule has 0 radical (unpaired) electrons. The van der Waals surface area contributed by atoms with Gasteiger partial charge in [0.15, 0.2) is 6.29 Å². The summed E-state index contributed by atoms with van der Waals surface area (Å²) in [5, 5.41) is 14.0. The number of rotatable bonds is 50. The van der Waals surface area contributed by atoms with Crippen molar-refractivity contribution in [3.8, 4) is 0 Å². The standard InChI is InChI=1S/C58H106N2O8/c1-6-11-14-17-20-22-24-26-28-30-32-34-36-39-42-45-55(61)65-51-54(52-66-56(62)46-43-40-37-35-33-31-29-27-25-23-21-18-15-12-7-2)67-57(63)48-47-53(44-41-38-19-16-13-8-3)68-58(64)59-49-50-60(9-4)10-5/h20-23,26-29,53-54,57,63H,6-19,24-25,30-52H2,1-5H3,(H,59,64)/b22-20-,23-21-,28-26-,29-27-. The average molecular weight is 959 g/mol. The molecule has 0 spiro atoms. The van der Waals surface area contributed by atoms with E-state index in [0.29, 0.717) is 32.2 Å². The zero-order valence-electron chi connectivity index (χ0n) is 44.7. The number of carbonyl (C=O) groups excluding carboxylic acids is 3. The highest BCUT2D eigenvalue weighted by Gasteiger charge is 2.22. The van der Waals surface area contributed by atoms with Gasteiger partial charge in [-0.25, -0.2) is 4.79 Å². The number of nitrogens with zero attached hydrogens (tertiary/aromatic N) is 1. The van der Waals surface area contributed by atoms with Crippen LogP contribution in [-0.4, -0.2) is 85.9 Å². The van der Waals surface area contributed by atoms with Gasteiger partial charge in [-0.3, -0.25) is 9.59 Å². The van der Waals surface area contributed by atoms with Crippen LogP contribution in [0, 0.1) is 0 Å². The van der Waals surface area contributed by atoms with E-state index in [1.165, 1.54) is 70.6 Å². The van der Waals surface area contributed by atoms with E-state index >= 15 is 0 Å². The fraction of sp³-hybridized carbons (Fsp3) is 0.810. The minimum atomic E-state index is -1.22. The van der Waals surface area contributed by atoms with Gasteiger partial charge in [-0.1, -0.05) is 180 Å². The molecule has 2 atom stereocenters. The van der Waals surface area contributed by atoms with Crippen LogP contribution in [0.2, 0.25) is 0 Å². The van der Waals surface area contributed by atoms with E-state index in [9.17, 15) is 19.5 Å². The molecular formula is C58H106N2O8. The number of unbranched alkanes of at least 4 members (excludes halogenated alkanes) is 21. The SMILES string of the molecule is CCCCC/C=C\C/C=C\CCCCCCCC(=O)OCC(COC(=O)CCCCCCC/C=C\C/C=C\CCCCC)OC(O)CCC(CCCCCCCC)OC(=O)NCCN(CC)CC. The molecule has 0 aromatic rings. The van der Waals surface area contributed by atoms with Gasteiger partial charge in [0.1, 0.15) is 25.4 Å². The number of hydrogen-bond donors (Lipinski definition) is 2. The quantitative estimate of drug-likeness (QED) is 0.0202. The molecule has 0 aliphatic rings. The number of esters is 2. The van der Waals surface area contributed by atoms with E-state index in [1.54, 1.807) is 0 Å². The predicted octanol–water partition coefficient (Wildman–Crippen LogP) is 15.4. The van der Waals surface area contributed by atoms with Crippen molar-refractivity contribution in [2.75, 3.05) is 39.4 Å². The van der Waals surface area contributed by atoms with Crippen molar-refractivity contribution >= 4 is 18.0 Å². The first-order valence-corrected chi connectivity index (χ1v) is 28.2. The van der Waals surface area contributed by atoms with Crippen LogP contribution < -0.4 is 5.32 Å². The Labute approximate surface area is 418 Å². The second kappa shape index (κ2) is 51.9. The first kappa shape index (κ1) is 65.0. The van der Waals surface area contributed by atoms with Crippen molar-refractivity contribution in [2.24, 2.45) is 0 Å². The number of carbonyl (C=O) groups is 3. The van der Waals surface area contributed by atoms with Gasteiger partial charge in [-0.2, -0.15) is 0 Å². The minimum Gasteiger partial charge on any atom is -0.463 e. The number of allylic oxidation sites excluding steroid dienone is 8. The predicted molar refractivity (Wildman–Crippen MR) is 285 cm³/mol. The summed E-state index contributed by atoms with van der Waals surface area (Å²) in [7, 11) is 0. The van der Waals surface area contributed by atoms with E-state index in [4.69, 9.17) is 18.9 Å². The lowest BCUT2D eigenvalue weighted by Gasteiger charge is -2.24. The number of hydrogen-bond acceptors (Lipinski definition) is 9. The summed E-state index contributed by atoms with van der Waals surface area (Å²) in [6, 6.07) is 0. The van der Waals surface area contributed by atoms with Crippen LogP contribution in [0.3, 0.4) is 0 Å². The molecule has 2 unspecified atom stereocenters. The van der Waals surface area contributed by atoms with Crippen molar-refractivity contribution < 1.29 is 38.4 Å². The van der Waals surface area contributed by atoms with Gasteiger partial charge in [0.05, 0.1) is 0 Å². The molecular weight excluding hydrogens is 853 g/mol. The third-order valence-corrected chi connectivity index (χ3v) is 12.4. The van der Waals surface area contributed by atoms with Crippen LogP contribution >= 0.6 is 0 Å². The number of aliphatic hydroxyl groups excluding tert-OH is 1. The first-order valence-electron chi connectivity index (χ1n) is 28.2. The summed E-state index contributed by atoms with van der Waals surface area (Å²) in [6.45, 7) is 13.7. The van der Waals surface area contributed by atoms with Crippen LogP contribution in [0.5, 0.6) is 0 Å². The third-order valence-electron chi connectivity index (χ3n) is 12.4. The minimum absolute atomic E-state index is 0.125. The Balaban J connectivity index is 5.02. The van der Waals surface area contributed by atoms with Gasteiger partial charge in [-0.05, 0) is 109 Å². The number of nitrogens with one attached hydrogen (secondary N) is 1. The smallest absolute Gasteiger partial charge is 0.407 e. The molecule has 0 saturated heterocycles. The molecule has 0 aliphatic heterocycles. The van der Waals surface area contributed by atoms with E-state index < -0.39 is 18.5 Å². The normalized spacial score (nSPS) is 12.9. The van der Waals surface area contributed by atoms with Crippen LogP contribution in [0.25, 0.3) is 0 Å². The summed E-state index contributed by atoms with van der Waals surface area (Å²) in [5.74, 6) is -0.649. The maximum atomic E-state index is 12.8. The van der Waals surface area contributed by atoms with Crippen LogP contribution in [0.15, 0.2) is 48.6 Å². The number of likely N-dealkylation sites (N-methyl/N-ethyl adjacent to an activating group) is 1. The zero-order valence-corrected chi connectivity index (χ0v) is 44.7. The van der Waals surface area contributed by atoms with Crippen molar-refractivity contribution in [3.63, 3.8) is 0 Å². The van der Waals surface area contributed by atoms with Gasteiger partial charge < -0.3 is 34.3 Å². The molecule has 0 heterocycles. The molecule has 0 aliphatic carbocycles. The van der Waals surface area contributed by atoms with E-state index in [1.807, 2.05) is 0 Å². The largest absolute Gasteiger partial charge is 0.463 e. The molecule has 68 heavy (non-hydrogen) atoms. The van der Waals surface area contributed by atoms with E-state index in [-0.39, 0.29) is 37.7 Å². The molecule has 0 fully saturated rings. The molecule has 10 nitrogen and oxygen atoms in total. The Morgan fingerprint density at radius 3 is 1.37 bits per heavy atom. The van der Waals surface area contributed by atoms with Crippen LogP contribution in [-0.2, 0) is 28.5 Å². The molecule has 0 aromatic heterocycles. The van der Waals surface area contributed by atoms with Gasteiger partial charge in [0.2, 0.25) is 0 Å². The summed E-state index contributed by atoms with van der Waals surface area (Å²) in [4.78, 5) is 40.6. The van der Waals surface area contributed by atoms with E-state index in [0.717, 1.165) is 129 Å². The van der Waals surface area contributed by atoms with Gasteiger partial charge in [0.25, 0.3) is 0 Å². The van der Waals surface area contributed by atoms with Crippen molar-refractivity contribution in [2.45, 2.75) is 265 Å². The lowest BCUT2D eigenvalue weighted by atomic mass is 10.0. The summed E-state index contributed by atoms with van der Waals surface area (Å²) in [5.41, 5.74) is 0. The molecule has 0 aromatic carbocycles. The molecule has 0 saturated carbocycles. The maximum absolute atomic E-state index is 12.8. The highest BCUT2D eigenvalue weighted by molar-refractivity contribution is 5.70. The second-order valence-corrected chi connectivity index (χ2v) is 18.7. The zero-order chi connectivity index (χ0) is 49.8. The number of aliphatic hydroxyl groups is 1. The molecule has 0 bridgehead atoms. The third kappa shape index (κ3) is 46.8. The summed E-state index contributed by atoms with van der Waals surface area (Å²) >= 11 is 0. The van der Waals surface area contributed by atoms with Crippen LogP contribution in [0.4, 0.5) is 4.79 Å². The lowest BCUT2D eigenvalue weighted by Crippen LogP contribution is -2.37. The molecule has 0 rings (SSSR count). The Hall–Kier alpha value is -2.95. The number of amides is 1. The van der Waals surface area contributed by atoms with Gasteiger partial charge in [0, 0.05) is 32.4 Å². The van der Waals surface area contributed by atoms with Crippen molar-refractivity contribution in [3.05, 3.63) is 48.6 Å². The van der Waals surface area contributed by atoms with Crippen molar-refractivity contribution in [1.82, 2.24) is 10.2 Å². The Morgan fingerprint density at radius 1 is 0.485 bits per heavy atom. The molecule has 2 N–H and O–H groups in total. The second-order valence-electron chi connectivity index (χ2n) is 18.7. The Kier molecular flexibility index (Phi) is 49.6. The summed E-state index contributed by atoms with van der Waals surface area (Å²) in [6.07, 6.45) is 48.3. The lowest BCUT2D eigenvalue weighted by molar-refractivity contribution is -0.183. The molecule has 10 heteroatoms. The first-order chi connectivity index (χ1) is 33.3. The highest BCUT2D eigenvalue weighted by Crippen LogP contribution is 2.18. The average Bonchev–Trinajstić information content (AvgIpc) is 3.33.